The van der Waals surface area contributed by atoms with Gasteiger partial charge in [0.1, 0.15) is 6.26 Å². The van der Waals surface area contributed by atoms with Crippen LogP contribution in [0.4, 0.5) is 11.4 Å². The van der Waals surface area contributed by atoms with Crippen molar-refractivity contribution in [2.24, 2.45) is 0 Å². The number of carbonyl (C=O) groups is 1. The van der Waals surface area contributed by atoms with Crippen LogP contribution in [0.5, 0.6) is 0 Å². The molecule has 0 fully saturated rings. The van der Waals surface area contributed by atoms with Gasteiger partial charge in [-0.3, -0.25) is 4.79 Å². The van der Waals surface area contributed by atoms with Gasteiger partial charge in [-0.15, -0.1) is 0 Å². The highest BCUT2D eigenvalue weighted by Crippen LogP contribution is 2.19. The Morgan fingerprint density at radius 2 is 2.28 bits per heavy atom. The second-order valence-electron chi connectivity index (χ2n) is 3.94. The molecule has 0 aliphatic carbocycles. The largest absolute Gasteiger partial charge is 0.399 e. The fourth-order valence-corrected chi connectivity index (χ4v) is 1.73. The summed E-state index contributed by atoms with van der Waals surface area (Å²) in [6.45, 7) is 2.62. The third-order valence-electron chi connectivity index (χ3n) is 2.53. The first kappa shape index (κ1) is 12.2. The molecule has 0 saturated carbocycles. The molecule has 0 aliphatic heterocycles. The number of amides is 1. The van der Waals surface area contributed by atoms with Crippen LogP contribution in [-0.4, -0.2) is 17.6 Å². The Labute approximate surface area is 105 Å². The lowest BCUT2D eigenvalue weighted by molar-refractivity contribution is 0.0978. The van der Waals surface area contributed by atoms with E-state index in [1.54, 1.807) is 23.1 Å². The average molecular weight is 245 g/mol. The molecule has 0 aliphatic rings. The Morgan fingerprint density at radius 1 is 1.44 bits per heavy atom. The number of hydrogen-bond acceptors (Lipinski definition) is 4. The smallest absolute Gasteiger partial charge is 0.280 e. The quantitative estimate of drug-likeness (QED) is 0.839. The molecule has 1 aromatic heterocycles. The summed E-state index contributed by atoms with van der Waals surface area (Å²) in [6, 6.07) is 8.78. The van der Waals surface area contributed by atoms with E-state index in [1.807, 2.05) is 19.1 Å². The molecule has 2 aromatic rings. The Kier molecular flexibility index (Phi) is 3.62. The number of benzene rings is 1. The Morgan fingerprint density at radius 3 is 2.89 bits per heavy atom. The highest BCUT2D eigenvalue weighted by Gasteiger charge is 2.19. The molecule has 5 heteroatoms. The predicted octanol–water partition coefficient (Wildman–Crippen LogP) is 2.31. The first-order valence-electron chi connectivity index (χ1n) is 5.80. The minimum atomic E-state index is -0.184. The molecule has 0 atom stereocenters. The highest BCUT2D eigenvalue weighted by atomic mass is 16.5. The van der Waals surface area contributed by atoms with Crippen LogP contribution in [0.25, 0.3) is 0 Å². The summed E-state index contributed by atoms with van der Waals surface area (Å²) in [7, 11) is 0. The fraction of sp³-hybridized carbons (Fsp3) is 0.231. The lowest BCUT2D eigenvalue weighted by Crippen LogP contribution is -2.31. The average Bonchev–Trinajstić information content (AvgIpc) is 2.89. The normalized spacial score (nSPS) is 10.3. The van der Waals surface area contributed by atoms with Crippen molar-refractivity contribution in [3.63, 3.8) is 0 Å². The number of carbonyl (C=O) groups excluding carboxylic acids is 1. The number of aromatic nitrogens is 1. The van der Waals surface area contributed by atoms with E-state index in [-0.39, 0.29) is 5.91 Å². The molecule has 0 bridgehead atoms. The summed E-state index contributed by atoms with van der Waals surface area (Å²) >= 11 is 0. The summed E-state index contributed by atoms with van der Waals surface area (Å²) in [5.41, 5.74) is 7.43. The molecule has 0 unspecified atom stereocenters. The second-order valence-corrected chi connectivity index (χ2v) is 3.94. The standard InChI is InChI=1S/C13H15N3O2/c1-2-7-16(11-5-3-4-10(14)9-11)13(17)12-6-8-18-15-12/h3-6,8-9H,2,7,14H2,1H3. The lowest BCUT2D eigenvalue weighted by atomic mass is 10.2. The van der Waals surface area contributed by atoms with Crippen molar-refractivity contribution in [1.29, 1.82) is 0 Å². The number of hydrogen-bond donors (Lipinski definition) is 1. The summed E-state index contributed by atoms with van der Waals surface area (Å²) in [5, 5.41) is 3.67. The first-order chi connectivity index (χ1) is 8.72. The summed E-state index contributed by atoms with van der Waals surface area (Å²) in [6.07, 6.45) is 2.23. The third-order valence-corrected chi connectivity index (χ3v) is 2.53. The maximum Gasteiger partial charge on any atom is 0.280 e. The van der Waals surface area contributed by atoms with Crippen LogP contribution in [0.1, 0.15) is 23.8 Å². The van der Waals surface area contributed by atoms with Crippen LogP contribution in [0, 0.1) is 0 Å². The molecule has 2 rings (SSSR count). The van der Waals surface area contributed by atoms with E-state index < -0.39 is 0 Å². The van der Waals surface area contributed by atoms with Gasteiger partial charge in [0.05, 0.1) is 0 Å². The Bertz CT molecular complexity index is 523. The van der Waals surface area contributed by atoms with Crippen LogP contribution in [0.2, 0.25) is 0 Å². The molecular weight excluding hydrogens is 230 g/mol. The number of nitrogens with two attached hydrogens (primary N) is 1. The number of nitrogens with zero attached hydrogens (tertiary/aromatic N) is 2. The van der Waals surface area contributed by atoms with Crippen molar-refractivity contribution in [3.05, 3.63) is 42.3 Å². The van der Waals surface area contributed by atoms with Crippen molar-refractivity contribution in [3.8, 4) is 0 Å². The van der Waals surface area contributed by atoms with E-state index in [2.05, 4.69) is 5.16 Å². The minimum Gasteiger partial charge on any atom is -0.399 e. The number of nitrogen functional groups attached to an aromatic ring is 1. The van der Waals surface area contributed by atoms with Crippen molar-refractivity contribution in [2.75, 3.05) is 17.2 Å². The van der Waals surface area contributed by atoms with E-state index >= 15 is 0 Å². The van der Waals surface area contributed by atoms with E-state index in [1.165, 1.54) is 6.26 Å². The van der Waals surface area contributed by atoms with E-state index in [0.717, 1.165) is 12.1 Å². The van der Waals surface area contributed by atoms with Crippen LogP contribution < -0.4 is 10.6 Å². The monoisotopic (exact) mass is 245 g/mol. The van der Waals surface area contributed by atoms with Crippen LogP contribution in [-0.2, 0) is 0 Å². The second kappa shape index (κ2) is 5.35. The molecule has 1 heterocycles. The van der Waals surface area contributed by atoms with Gasteiger partial charge in [-0.1, -0.05) is 18.1 Å². The summed E-state index contributed by atoms with van der Waals surface area (Å²) in [4.78, 5) is 13.9. The molecule has 2 N–H and O–H groups in total. The van der Waals surface area contributed by atoms with E-state index in [0.29, 0.717) is 17.9 Å². The van der Waals surface area contributed by atoms with Crippen LogP contribution >= 0.6 is 0 Å². The maximum atomic E-state index is 12.3. The molecule has 0 saturated heterocycles. The van der Waals surface area contributed by atoms with E-state index in [9.17, 15) is 4.79 Å². The van der Waals surface area contributed by atoms with Gasteiger partial charge < -0.3 is 15.2 Å². The van der Waals surface area contributed by atoms with Gasteiger partial charge in [0.2, 0.25) is 0 Å². The molecule has 0 spiro atoms. The fourth-order valence-electron chi connectivity index (χ4n) is 1.73. The molecule has 18 heavy (non-hydrogen) atoms. The molecule has 5 nitrogen and oxygen atoms in total. The van der Waals surface area contributed by atoms with Gasteiger partial charge in [-0.2, -0.15) is 0 Å². The summed E-state index contributed by atoms with van der Waals surface area (Å²) < 4.78 is 4.70. The van der Waals surface area contributed by atoms with Crippen molar-refractivity contribution < 1.29 is 9.32 Å². The van der Waals surface area contributed by atoms with Crippen LogP contribution in [0.15, 0.2) is 41.1 Å². The topological polar surface area (TPSA) is 72.4 Å². The zero-order valence-electron chi connectivity index (χ0n) is 10.2. The SMILES string of the molecule is CCCN(C(=O)c1ccon1)c1cccc(N)c1. The number of anilines is 2. The number of rotatable bonds is 4. The summed E-state index contributed by atoms with van der Waals surface area (Å²) in [5.74, 6) is -0.184. The van der Waals surface area contributed by atoms with Gasteiger partial charge in [0, 0.05) is 24.0 Å². The Balaban J connectivity index is 2.31. The van der Waals surface area contributed by atoms with Crippen LogP contribution in [0.3, 0.4) is 0 Å². The van der Waals surface area contributed by atoms with Gasteiger partial charge >= 0.3 is 0 Å². The van der Waals surface area contributed by atoms with Crippen molar-refractivity contribution >= 4 is 17.3 Å². The highest BCUT2D eigenvalue weighted by molar-refractivity contribution is 6.04. The van der Waals surface area contributed by atoms with E-state index in [4.69, 9.17) is 10.3 Å². The molecule has 1 amide bonds. The zero-order chi connectivity index (χ0) is 13.0. The van der Waals surface area contributed by atoms with Gasteiger partial charge in [0.15, 0.2) is 5.69 Å². The molecule has 0 radical (unpaired) electrons. The van der Waals surface area contributed by atoms with Gasteiger partial charge in [-0.25, -0.2) is 0 Å². The molecular formula is C13H15N3O2. The third kappa shape index (κ3) is 2.51. The maximum absolute atomic E-state index is 12.3. The first-order valence-corrected chi connectivity index (χ1v) is 5.80. The van der Waals surface area contributed by atoms with Gasteiger partial charge in [-0.05, 0) is 24.6 Å². The molecule has 94 valence electrons. The van der Waals surface area contributed by atoms with Crippen molar-refractivity contribution in [2.45, 2.75) is 13.3 Å². The lowest BCUT2D eigenvalue weighted by Gasteiger charge is -2.21. The minimum absolute atomic E-state index is 0.184. The molecule has 1 aromatic carbocycles. The Hall–Kier alpha value is -2.30. The predicted molar refractivity (Wildman–Crippen MR) is 69.3 cm³/mol. The zero-order valence-corrected chi connectivity index (χ0v) is 10.2. The van der Waals surface area contributed by atoms with Crippen molar-refractivity contribution in [1.82, 2.24) is 5.16 Å². The van der Waals surface area contributed by atoms with Gasteiger partial charge in [0.25, 0.3) is 5.91 Å².